The molecule has 0 saturated carbocycles. The van der Waals surface area contributed by atoms with Crippen molar-refractivity contribution < 1.29 is 23.3 Å². The average Bonchev–Trinajstić information content (AvgIpc) is 3.09. The van der Waals surface area contributed by atoms with Crippen molar-refractivity contribution in [1.29, 1.82) is 0 Å². The van der Waals surface area contributed by atoms with Gasteiger partial charge in [0.15, 0.2) is 0 Å². The van der Waals surface area contributed by atoms with Crippen LogP contribution >= 0.6 is 11.8 Å². The molecular formula is C33H46N2O5S2. The lowest BCUT2D eigenvalue weighted by Gasteiger charge is -2.37. The van der Waals surface area contributed by atoms with Gasteiger partial charge in [-0.2, -0.15) is 0 Å². The van der Waals surface area contributed by atoms with Crippen molar-refractivity contribution in [3.8, 4) is 5.75 Å². The lowest BCUT2D eigenvalue weighted by molar-refractivity contribution is -0.137. The highest BCUT2D eigenvalue weighted by atomic mass is 32.2. The van der Waals surface area contributed by atoms with Gasteiger partial charge in [-0.25, -0.2) is 4.79 Å². The second-order valence-electron chi connectivity index (χ2n) is 10.8. The zero-order chi connectivity index (χ0) is 30.5. The number of thioether (sulfide) groups is 1. The maximum Gasteiger partial charge on any atom is 0.333 e. The molecule has 3 rings (SSSR count). The summed E-state index contributed by atoms with van der Waals surface area (Å²) in [6, 6.07) is 11.9. The number of fused-ring (bicyclic) bond motifs is 1. The van der Waals surface area contributed by atoms with Crippen LogP contribution in [0.5, 0.6) is 5.75 Å². The van der Waals surface area contributed by atoms with E-state index in [1.54, 1.807) is 6.92 Å². The first kappa shape index (κ1) is 33.7. The number of carbonyl (C=O) groups excluding carboxylic acids is 2. The molecular weight excluding hydrogens is 569 g/mol. The first-order valence-corrected chi connectivity index (χ1v) is 17.6. The van der Waals surface area contributed by atoms with E-state index in [-0.39, 0.29) is 17.9 Å². The standard InChI is InChI=1S/C33H46N2O5S2/c1-6-10-18-33(19-11-7-2)23-35(26-15-13-25(14-16-26)34-31(36)12-8-3)27-21-29(41-5)28(22-30(27)42(38)24-33)40-20-17-32(37)39-9-4/h13-17,20-22H,6-12,18-19,23-24H2,1-5H3,(H,34,36)/b20-17+. The third kappa shape index (κ3) is 9.11. The van der Waals surface area contributed by atoms with Gasteiger partial charge < -0.3 is 19.7 Å². The van der Waals surface area contributed by atoms with Gasteiger partial charge in [0.05, 0.1) is 45.2 Å². The molecule has 0 spiro atoms. The Morgan fingerprint density at radius 2 is 1.74 bits per heavy atom. The predicted molar refractivity (Wildman–Crippen MR) is 174 cm³/mol. The van der Waals surface area contributed by atoms with E-state index in [9.17, 15) is 13.8 Å². The van der Waals surface area contributed by atoms with E-state index in [4.69, 9.17) is 9.47 Å². The number of unbranched alkanes of at least 4 members (excludes halogenated alkanes) is 2. The van der Waals surface area contributed by atoms with Crippen molar-refractivity contribution in [2.45, 2.75) is 88.9 Å². The summed E-state index contributed by atoms with van der Waals surface area (Å²) in [7, 11) is -1.26. The summed E-state index contributed by atoms with van der Waals surface area (Å²) >= 11 is 1.54. The molecule has 0 aromatic heterocycles. The number of esters is 1. The first-order valence-electron chi connectivity index (χ1n) is 15.1. The van der Waals surface area contributed by atoms with Gasteiger partial charge >= 0.3 is 5.97 Å². The van der Waals surface area contributed by atoms with Crippen LogP contribution in [0.4, 0.5) is 17.1 Å². The number of carbonyl (C=O) groups is 2. The van der Waals surface area contributed by atoms with Crippen molar-refractivity contribution >= 4 is 51.5 Å². The Labute approximate surface area is 258 Å². The number of hydrogen-bond donors (Lipinski definition) is 1. The number of nitrogens with zero attached hydrogens (tertiary/aromatic N) is 1. The molecule has 230 valence electrons. The van der Waals surface area contributed by atoms with Gasteiger partial charge in [0.25, 0.3) is 0 Å². The second-order valence-corrected chi connectivity index (χ2v) is 13.0. The Kier molecular flexibility index (Phi) is 13.4. The molecule has 2 aromatic rings. The highest BCUT2D eigenvalue weighted by molar-refractivity contribution is 7.98. The van der Waals surface area contributed by atoms with Gasteiger partial charge in [0.1, 0.15) is 5.75 Å². The minimum Gasteiger partial charge on any atom is -0.464 e. The topological polar surface area (TPSA) is 84.9 Å². The number of rotatable bonds is 15. The fourth-order valence-corrected chi connectivity index (χ4v) is 7.56. The predicted octanol–water partition coefficient (Wildman–Crippen LogP) is 8.23. The minimum absolute atomic E-state index is 0.00746. The zero-order valence-corrected chi connectivity index (χ0v) is 27.3. The maximum atomic E-state index is 14.2. The van der Waals surface area contributed by atoms with E-state index in [2.05, 4.69) is 30.1 Å². The molecule has 1 aliphatic heterocycles. The summed E-state index contributed by atoms with van der Waals surface area (Å²) in [4.78, 5) is 27.9. The number of anilines is 3. The number of hydrogen-bond acceptors (Lipinski definition) is 7. The molecule has 0 radical (unpaired) electrons. The Balaban J connectivity index is 2.09. The van der Waals surface area contributed by atoms with Crippen molar-refractivity contribution in [3.05, 3.63) is 48.7 Å². The number of benzene rings is 2. The SMILES string of the molecule is CCCCC1(CCCC)CN(c2ccc(NC(=O)CCC)cc2)c2cc(SC)c(O/C=C/C(=O)OCC)cc2S(=O)C1. The Bertz CT molecular complexity index is 1240. The van der Waals surface area contributed by atoms with Crippen LogP contribution in [0, 0.1) is 5.41 Å². The van der Waals surface area contributed by atoms with E-state index in [1.807, 2.05) is 43.5 Å². The maximum absolute atomic E-state index is 14.2. The molecule has 2 aromatic carbocycles. The fraction of sp³-hybridized carbons (Fsp3) is 0.515. The second kappa shape index (κ2) is 16.8. The third-order valence-electron chi connectivity index (χ3n) is 7.46. The summed E-state index contributed by atoms with van der Waals surface area (Å²) in [5, 5.41) is 2.98. The number of amides is 1. The van der Waals surface area contributed by atoms with Crippen LogP contribution in [0.1, 0.15) is 79.1 Å². The molecule has 0 fully saturated rings. The summed E-state index contributed by atoms with van der Waals surface area (Å²) in [5.74, 6) is 0.670. The van der Waals surface area contributed by atoms with E-state index < -0.39 is 16.8 Å². The fourth-order valence-electron chi connectivity index (χ4n) is 5.29. The van der Waals surface area contributed by atoms with Crippen LogP contribution in [0.15, 0.2) is 58.5 Å². The molecule has 0 bridgehead atoms. The summed E-state index contributed by atoms with van der Waals surface area (Å²) in [6.07, 6.45) is 12.2. The lowest BCUT2D eigenvalue weighted by atomic mass is 9.79. The number of ether oxygens (including phenoxy) is 2. The molecule has 7 nitrogen and oxygen atoms in total. The molecule has 9 heteroatoms. The highest BCUT2D eigenvalue weighted by Gasteiger charge is 2.39. The van der Waals surface area contributed by atoms with Crippen molar-refractivity contribution in [1.82, 2.24) is 0 Å². The normalized spacial score (nSPS) is 16.1. The van der Waals surface area contributed by atoms with Gasteiger partial charge in [-0.1, -0.05) is 46.5 Å². The molecule has 0 aliphatic carbocycles. The largest absolute Gasteiger partial charge is 0.464 e. The molecule has 1 aliphatic rings. The van der Waals surface area contributed by atoms with E-state index in [0.29, 0.717) is 17.9 Å². The molecule has 0 saturated heterocycles. The van der Waals surface area contributed by atoms with E-state index in [1.165, 1.54) is 24.1 Å². The van der Waals surface area contributed by atoms with Crippen LogP contribution in [0.3, 0.4) is 0 Å². The highest BCUT2D eigenvalue weighted by Crippen LogP contribution is 2.47. The van der Waals surface area contributed by atoms with Gasteiger partial charge in [-0.3, -0.25) is 9.00 Å². The van der Waals surface area contributed by atoms with Gasteiger partial charge in [-0.05, 0) is 62.8 Å². The molecule has 42 heavy (non-hydrogen) atoms. The quantitative estimate of drug-likeness (QED) is 0.0936. The van der Waals surface area contributed by atoms with Gasteiger partial charge in [0, 0.05) is 41.6 Å². The van der Waals surface area contributed by atoms with Crippen molar-refractivity contribution in [2.75, 3.05) is 35.4 Å². The van der Waals surface area contributed by atoms with Crippen LogP contribution in [0.2, 0.25) is 0 Å². The summed E-state index contributed by atoms with van der Waals surface area (Å²) in [6.45, 7) is 9.20. The third-order valence-corrected chi connectivity index (χ3v) is 9.91. The Hall–Kier alpha value is -2.78. The minimum atomic E-state index is -1.26. The Morgan fingerprint density at radius 1 is 1.05 bits per heavy atom. The van der Waals surface area contributed by atoms with E-state index >= 15 is 0 Å². The molecule has 1 atom stereocenters. The first-order chi connectivity index (χ1) is 20.3. The molecule has 1 heterocycles. The van der Waals surface area contributed by atoms with Gasteiger partial charge in [0.2, 0.25) is 5.91 Å². The van der Waals surface area contributed by atoms with Crippen LogP contribution in [0.25, 0.3) is 0 Å². The smallest absolute Gasteiger partial charge is 0.333 e. The van der Waals surface area contributed by atoms with Crippen LogP contribution in [-0.4, -0.2) is 41.2 Å². The van der Waals surface area contributed by atoms with Crippen LogP contribution < -0.4 is 15.0 Å². The molecule has 1 amide bonds. The van der Waals surface area contributed by atoms with Crippen molar-refractivity contribution in [3.63, 3.8) is 0 Å². The number of nitrogens with one attached hydrogen (secondary N) is 1. The molecule has 1 unspecified atom stereocenters. The Morgan fingerprint density at radius 3 is 2.33 bits per heavy atom. The molecule has 1 N–H and O–H groups in total. The van der Waals surface area contributed by atoms with E-state index in [0.717, 1.165) is 78.3 Å². The lowest BCUT2D eigenvalue weighted by Crippen LogP contribution is -2.37. The summed E-state index contributed by atoms with van der Waals surface area (Å²) in [5.41, 5.74) is 2.54. The van der Waals surface area contributed by atoms with Crippen LogP contribution in [-0.2, 0) is 25.1 Å². The zero-order valence-electron chi connectivity index (χ0n) is 25.7. The summed E-state index contributed by atoms with van der Waals surface area (Å²) < 4.78 is 25.0. The monoisotopic (exact) mass is 614 g/mol. The van der Waals surface area contributed by atoms with Crippen molar-refractivity contribution in [2.24, 2.45) is 5.41 Å². The van der Waals surface area contributed by atoms with Gasteiger partial charge in [-0.15, -0.1) is 11.8 Å². The average molecular weight is 615 g/mol.